The average molecular weight is 304 g/mol. The van der Waals surface area contributed by atoms with Crippen LogP contribution in [0.15, 0.2) is 12.3 Å². The molecule has 1 aromatic heterocycles. The molecule has 6 heteroatoms. The van der Waals surface area contributed by atoms with E-state index >= 15 is 0 Å². The van der Waals surface area contributed by atoms with Crippen LogP contribution in [0, 0.1) is 0 Å². The molecule has 0 N–H and O–H groups in total. The lowest BCUT2D eigenvalue weighted by Crippen LogP contribution is -2.55. The molecule has 0 spiro atoms. The molecule has 1 aliphatic carbocycles. The zero-order valence-corrected chi connectivity index (χ0v) is 13.2. The third-order valence-corrected chi connectivity index (χ3v) is 4.68. The molecule has 2 aliphatic rings. The first kappa shape index (κ1) is 15.1. The molecule has 2 fully saturated rings. The van der Waals surface area contributed by atoms with Crippen LogP contribution in [0.5, 0.6) is 0 Å². The predicted molar refractivity (Wildman–Crippen MR) is 82.4 cm³/mol. The molecule has 2 heterocycles. The van der Waals surface area contributed by atoms with Crippen molar-refractivity contribution in [3.63, 3.8) is 0 Å². The molecule has 22 heavy (non-hydrogen) atoms. The fraction of sp³-hybridized carbons (Fsp3) is 0.688. The van der Waals surface area contributed by atoms with Crippen molar-refractivity contribution < 1.29 is 9.59 Å². The Balaban J connectivity index is 1.65. The van der Waals surface area contributed by atoms with Gasteiger partial charge in [-0.05, 0) is 25.3 Å². The highest BCUT2D eigenvalue weighted by Crippen LogP contribution is 2.25. The van der Waals surface area contributed by atoms with Crippen molar-refractivity contribution in [3.8, 4) is 0 Å². The second-order valence-corrected chi connectivity index (χ2v) is 6.19. The second-order valence-electron chi connectivity index (χ2n) is 6.19. The molecule has 1 saturated heterocycles. The van der Waals surface area contributed by atoms with E-state index in [2.05, 4.69) is 12.0 Å². The molecular formula is C16H24N4O2. The molecule has 2 amide bonds. The van der Waals surface area contributed by atoms with Crippen molar-refractivity contribution in [2.24, 2.45) is 0 Å². The van der Waals surface area contributed by atoms with E-state index < -0.39 is 0 Å². The Kier molecular flexibility index (Phi) is 4.45. The van der Waals surface area contributed by atoms with Gasteiger partial charge in [0.25, 0.3) is 5.91 Å². The van der Waals surface area contributed by atoms with E-state index in [4.69, 9.17) is 0 Å². The third kappa shape index (κ3) is 2.87. The molecule has 1 saturated carbocycles. The molecule has 1 aliphatic heterocycles. The smallest absolute Gasteiger partial charge is 0.272 e. The van der Waals surface area contributed by atoms with Gasteiger partial charge in [0.15, 0.2) is 0 Å². The fourth-order valence-corrected chi connectivity index (χ4v) is 3.53. The minimum absolute atomic E-state index is 0.0784. The molecule has 0 unspecified atom stereocenters. The van der Waals surface area contributed by atoms with E-state index in [9.17, 15) is 9.59 Å². The van der Waals surface area contributed by atoms with Crippen LogP contribution in [0.1, 0.15) is 49.5 Å². The number of amides is 2. The fourth-order valence-electron chi connectivity index (χ4n) is 3.53. The lowest BCUT2D eigenvalue weighted by Gasteiger charge is -2.37. The second kappa shape index (κ2) is 6.50. The number of piperazine rings is 1. The SMILES string of the molecule is CCCn1nccc1C(=O)N1CCN(C2CCCC2)C(=O)C1. The van der Waals surface area contributed by atoms with E-state index in [0.717, 1.165) is 25.8 Å². The van der Waals surface area contributed by atoms with Crippen molar-refractivity contribution >= 4 is 11.8 Å². The van der Waals surface area contributed by atoms with Gasteiger partial charge in [0.2, 0.25) is 5.91 Å². The summed E-state index contributed by atoms with van der Waals surface area (Å²) in [4.78, 5) is 28.7. The number of aryl methyl sites for hydroxylation is 1. The molecule has 0 aromatic carbocycles. The van der Waals surface area contributed by atoms with E-state index in [-0.39, 0.29) is 18.4 Å². The lowest BCUT2D eigenvalue weighted by molar-refractivity contribution is -0.137. The van der Waals surface area contributed by atoms with Crippen LogP contribution in [0.2, 0.25) is 0 Å². The quantitative estimate of drug-likeness (QED) is 0.847. The highest BCUT2D eigenvalue weighted by Gasteiger charge is 2.33. The van der Waals surface area contributed by atoms with Crippen LogP contribution in [-0.2, 0) is 11.3 Å². The van der Waals surface area contributed by atoms with Gasteiger partial charge in [-0.1, -0.05) is 19.8 Å². The number of hydrogen-bond acceptors (Lipinski definition) is 3. The van der Waals surface area contributed by atoms with Crippen LogP contribution in [0.3, 0.4) is 0 Å². The number of carbonyl (C=O) groups excluding carboxylic acids is 2. The normalized spacial score (nSPS) is 20.0. The Morgan fingerprint density at radius 1 is 1.32 bits per heavy atom. The summed E-state index contributed by atoms with van der Waals surface area (Å²) in [6.07, 6.45) is 7.24. The highest BCUT2D eigenvalue weighted by atomic mass is 16.2. The lowest BCUT2D eigenvalue weighted by atomic mass is 10.1. The number of rotatable bonds is 4. The first-order valence-corrected chi connectivity index (χ1v) is 8.31. The third-order valence-electron chi connectivity index (χ3n) is 4.68. The number of hydrogen-bond donors (Lipinski definition) is 0. The Bertz CT molecular complexity index is 548. The summed E-state index contributed by atoms with van der Waals surface area (Å²) < 4.78 is 1.73. The van der Waals surface area contributed by atoms with Gasteiger partial charge in [-0.3, -0.25) is 14.3 Å². The van der Waals surface area contributed by atoms with Gasteiger partial charge in [-0.2, -0.15) is 5.10 Å². The molecule has 6 nitrogen and oxygen atoms in total. The van der Waals surface area contributed by atoms with Crippen molar-refractivity contribution in [1.82, 2.24) is 19.6 Å². The summed E-state index contributed by atoms with van der Waals surface area (Å²) in [5.41, 5.74) is 0.587. The van der Waals surface area contributed by atoms with E-state index in [0.29, 0.717) is 24.8 Å². The maximum atomic E-state index is 12.6. The molecule has 1 aromatic rings. The summed E-state index contributed by atoms with van der Waals surface area (Å²) in [6.45, 7) is 4.27. The number of nitrogens with zero attached hydrogens (tertiary/aromatic N) is 4. The number of carbonyl (C=O) groups is 2. The van der Waals surface area contributed by atoms with E-state index in [1.807, 2.05) is 4.90 Å². The maximum Gasteiger partial charge on any atom is 0.272 e. The Hall–Kier alpha value is -1.85. The molecular weight excluding hydrogens is 280 g/mol. The van der Waals surface area contributed by atoms with Crippen LogP contribution in [-0.4, -0.2) is 57.1 Å². The van der Waals surface area contributed by atoms with Crippen LogP contribution < -0.4 is 0 Å². The summed E-state index contributed by atoms with van der Waals surface area (Å²) >= 11 is 0. The highest BCUT2D eigenvalue weighted by molar-refractivity contribution is 5.95. The standard InChI is InChI=1S/C16H24N4O2/c1-2-9-20-14(7-8-17-20)16(22)18-10-11-19(15(21)12-18)13-5-3-4-6-13/h7-8,13H,2-6,9-12H2,1H3. The largest absolute Gasteiger partial charge is 0.336 e. The van der Waals surface area contributed by atoms with Gasteiger partial charge in [0.1, 0.15) is 12.2 Å². The van der Waals surface area contributed by atoms with Crippen LogP contribution >= 0.6 is 0 Å². The van der Waals surface area contributed by atoms with Crippen molar-refractivity contribution in [2.45, 2.75) is 51.6 Å². The summed E-state index contributed by atoms with van der Waals surface area (Å²) in [7, 11) is 0. The van der Waals surface area contributed by atoms with Gasteiger partial charge in [0, 0.05) is 31.9 Å². The predicted octanol–water partition coefficient (Wildman–Crippen LogP) is 1.52. The molecule has 120 valence electrons. The van der Waals surface area contributed by atoms with Gasteiger partial charge in [0.05, 0.1) is 0 Å². The van der Waals surface area contributed by atoms with Crippen LogP contribution in [0.25, 0.3) is 0 Å². The van der Waals surface area contributed by atoms with Crippen molar-refractivity contribution in [2.75, 3.05) is 19.6 Å². The molecule has 3 rings (SSSR count). The van der Waals surface area contributed by atoms with Crippen molar-refractivity contribution in [3.05, 3.63) is 18.0 Å². The Morgan fingerprint density at radius 2 is 2.09 bits per heavy atom. The zero-order valence-electron chi connectivity index (χ0n) is 13.2. The summed E-state index contributed by atoms with van der Waals surface area (Å²) in [5, 5.41) is 4.19. The molecule has 0 atom stereocenters. The van der Waals surface area contributed by atoms with Gasteiger partial charge in [-0.25, -0.2) is 0 Å². The number of aromatic nitrogens is 2. The summed E-state index contributed by atoms with van der Waals surface area (Å²) in [5.74, 6) is 0.0124. The van der Waals surface area contributed by atoms with E-state index in [1.54, 1.807) is 21.8 Å². The van der Waals surface area contributed by atoms with E-state index in [1.165, 1.54) is 12.8 Å². The van der Waals surface area contributed by atoms with Gasteiger partial charge < -0.3 is 9.80 Å². The van der Waals surface area contributed by atoms with Gasteiger partial charge >= 0.3 is 0 Å². The topological polar surface area (TPSA) is 58.4 Å². The Morgan fingerprint density at radius 3 is 2.77 bits per heavy atom. The summed E-state index contributed by atoms with van der Waals surface area (Å²) in [6, 6.07) is 2.14. The average Bonchev–Trinajstić information content (AvgIpc) is 3.18. The van der Waals surface area contributed by atoms with Gasteiger partial charge in [-0.15, -0.1) is 0 Å². The first-order chi connectivity index (χ1) is 10.7. The van der Waals surface area contributed by atoms with Crippen molar-refractivity contribution in [1.29, 1.82) is 0 Å². The maximum absolute atomic E-state index is 12.6. The Labute approximate surface area is 131 Å². The monoisotopic (exact) mass is 304 g/mol. The minimum atomic E-state index is -0.0784. The molecule has 0 bridgehead atoms. The first-order valence-electron chi connectivity index (χ1n) is 8.31. The zero-order chi connectivity index (χ0) is 15.5. The minimum Gasteiger partial charge on any atom is -0.336 e. The molecule has 0 radical (unpaired) electrons. The van der Waals surface area contributed by atoms with Crippen LogP contribution in [0.4, 0.5) is 0 Å².